The average molecular weight is 340 g/mol. The van der Waals surface area contributed by atoms with Crippen LogP contribution in [0.5, 0.6) is 0 Å². The summed E-state index contributed by atoms with van der Waals surface area (Å²) in [5.74, 6) is 1.18. The normalized spacial score (nSPS) is 16.3. The molecule has 5 nitrogen and oxygen atoms in total. The Hall–Kier alpha value is -2.14. The first-order valence-corrected chi connectivity index (χ1v) is 9.27. The van der Waals surface area contributed by atoms with E-state index >= 15 is 0 Å². The second-order valence-electron chi connectivity index (χ2n) is 7.16. The molecule has 1 saturated carbocycles. The number of hydrogen-bond donors (Lipinski definition) is 2. The summed E-state index contributed by atoms with van der Waals surface area (Å²) in [7, 11) is 0. The molecule has 2 N–H and O–H groups in total. The Labute approximate surface area is 149 Å². The maximum absolute atomic E-state index is 12.4. The standard InChI is InChI=1S/C20H28N4O/c1-15(2)20(16-8-4-3-5-9-16)21-14-19(25)23-18-12-13-22-24(18)17-10-6-7-11-17/h3-5,8-9,12-13,15,17,20-21H,6-7,10-11,14H2,1-2H3,(H,23,25)/t20-/m0/s1. The highest BCUT2D eigenvalue weighted by Gasteiger charge is 2.21. The largest absolute Gasteiger partial charge is 0.310 e. The average Bonchev–Trinajstić information content (AvgIpc) is 3.26. The molecule has 0 radical (unpaired) electrons. The first kappa shape index (κ1) is 17.7. The van der Waals surface area contributed by atoms with Crippen molar-refractivity contribution in [2.45, 2.75) is 51.6 Å². The second-order valence-corrected chi connectivity index (χ2v) is 7.16. The minimum atomic E-state index is -0.0265. The van der Waals surface area contributed by atoms with Gasteiger partial charge in [-0.3, -0.25) is 4.79 Å². The Morgan fingerprint density at radius 2 is 1.92 bits per heavy atom. The number of anilines is 1. The number of aromatic nitrogens is 2. The summed E-state index contributed by atoms with van der Waals surface area (Å²) >= 11 is 0. The van der Waals surface area contributed by atoms with Crippen molar-refractivity contribution in [2.75, 3.05) is 11.9 Å². The van der Waals surface area contributed by atoms with E-state index in [-0.39, 0.29) is 18.5 Å². The van der Waals surface area contributed by atoms with Gasteiger partial charge < -0.3 is 10.6 Å². The minimum absolute atomic E-state index is 0.0265. The lowest BCUT2D eigenvalue weighted by atomic mass is 9.96. The Bertz CT molecular complexity index is 674. The minimum Gasteiger partial charge on any atom is -0.310 e. The molecule has 1 heterocycles. The third-order valence-corrected chi connectivity index (χ3v) is 4.92. The fraction of sp³-hybridized carbons (Fsp3) is 0.500. The van der Waals surface area contributed by atoms with E-state index in [0.29, 0.717) is 12.0 Å². The zero-order chi connectivity index (χ0) is 17.6. The highest BCUT2D eigenvalue weighted by Crippen LogP contribution is 2.31. The first-order chi connectivity index (χ1) is 12.1. The van der Waals surface area contributed by atoms with E-state index in [0.717, 1.165) is 18.7 Å². The van der Waals surface area contributed by atoms with E-state index in [2.05, 4.69) is 41.7 Å². The molecule has 0 bridgehead atoms. The van der Waals surface area contributed by atoms with Crippen molar-refractivity contribution in [1.82, 2.24) is 15.1 Å². The summed E-state index contributed by atoms with van der Waals surface area (Å²) in [4.78, 5) is 12.4. The molecule has 1 aliphatic carbocycles. The molecule has 0 saturated heterocycles. The molecule has 1 atom stereocenters. The van der Waals surface area contributed by atoms with Crippen LogP contribution in [0, 0.1) is 5.92 Å². The van der Waals surface area contributed by atoms with E-state index in [1.54, 1.807) is 6.20 Å². The number of benzene rings is 1. The van der Waals surface area contributed by atoms with Crippen molar-refractivity contribution in [2.24, 2.45) is 5.92 Å². The maximum Gasteiger partial charge on any atom is 0.239 e. The van der Waals surface area contributed by atoms with Gasteiger partial charge in [-0.1, -0.05) is 57.0 Å². The molecular weight excluding hydrogens is 312 g/mol. The topological polar surface area (TPSA) is 59.0 Å². The molecule has 0 spiro atoms. The van der Waals surface area contributed by atoms with Crippen LogP contribution >= 0.6 is 0 Å². The SMILES string of the molecule is CC(C)[C@H](NCC(=O)Nc1ccnn1C1CCCC1)c1ccccc1. The Morgan fingerprint density at radius 3 is 2.60 bits per heavy atom. The van der Waals surface area contributed by atoms with Crippen molar-refractivity contribution >= 4 is 11.7 Å². The van der Waals surface area contributed by atoms with Crippen LogP contribution in [0.4, 0.5) is 5.82 Å². The summed E-state index contributed by atoms with van der Waals surface area (Å²) in [5.41, 5.74) is 1.21. The van der Waals surface area contributed by atoms with Gasteiger partial charge in [-0.2, -0.15) is 5.10 Å². The van der Waals surface area contributed by atoms with Crippen LogP contribution in [-0.4, -0.2) is 22.2 Å². The molecule has 25 heavy (non-hydrogen) atoms. The van der Waals surface area contributed by atoms with Crippen LogP contribution in [0.3, 0.4) is 0 Å². The van der Waals surface area contributed by atoms with Crippen LogP contribution in [-0.2, 0) is 4.79 Å². The van der Waals surface area contributed by atoms with E-state index in [1.807, 2.05) is 28.9 Å². The highest BCUT2D eigenvalue weighted by molar-refractivity contribution is 5.91. The number of hydrogen-bond acceptors (Lipinski definition) is 3. The molecule has 1 aromatic heterocycles. The lowest BCUT2D eigenvalue weighted by molar-refractivity contribution is -0.115. The van der Waals surface area contributed by atoms with Gasteiger partial charge in [0.25, 0.3) is 0 Å². The van der Waals surface area contributed by atoms with Gasteiger partial charge in [0.05, 0.1) is 18.8 Å². The van der Waals surface area contributed by atoms with E-state index in [4.69, 9.17) is 0 Å². The Balaban J connectivity index is 1.58. The third-order valence-electron chi connectivity index (χ3n) is 4.92. The molecule has 1 aromatic carbocycles. The second kappa shape index (κ2) is 8.30. The van der Waals surface area contributed by atoms with Gasteiger partial charge in [0.2, 0.25) is 5.91 Å². The van der Waals surface area contributed by atoms with Gasteiger partial charge in [0.15, 0.2) is 0 Å². The number of carbonyl (C=O) groups is 1. The van der Waals surface area contributed by atoms with Gasteiger partial charge in [-0.15, -0.1) is 0 Å². The van der Waals surface area contributed by atoms with Gasteiger partial charge >= 0.3 is 0 Å². The summed E-state index contributed by atoms with van der Waals surface area (Å²) < 4.78 is 1.97. The van der Waals surface area contributed by atoms with Crippen LogP contribution in [0.2, 0.25) is 0 Å². The van der Waals surface area contributed by atoms with Gasteiger partial charge in [0.1, 0.15) is 5.82 Å². The summed E-state index contributed by atoms with van der Waals surface area (Å²) in [6.07, 6.45) is 6.54. The van der Waals surface area contributed by atoms with Crippen LogP contribution in [0.15, 0.2) is 42.6 Å². The molecule has 5 heteroatoms. The zero-order valence-electron chi connectivity index (χ0n) is 15.1. The van der Waals surface area contributed by atoms with E-state index in [9.17, 15) is 4.79 Å². The zero-order valence-corrected chi connectivity index (χ0v) is 15.1. The first-order valence-electron chi connectivity index (χ1n) is 9.27. The summed E-state index contributed by atoms with van der Waals surface area (Å²) in [6.45, 7) is 4.61. The number of amides is 1. The number of nitrogens with one attached hydrogen (secondary N) is 2. The molecular formula is C20H28N4O. The quantitative estimate of drug-likeness (QED) is 0.803. The van der Waals surface area contributed by atoms with Crippen molar-refractivity contribution in [3.8, 4) is 0 Å². The predicted octanol–water partition coefficient (Wildman–Crippen LogP) is 3.92. The van der Waals surface area contributed by atoms with E-state index < -0.39 is 0 Å². The molecule has 134 valence electrons. The van der Waals surface area contributed by atoms with Crippen molar-refractivity contribution < 1.29 is 4.79 Å². The van der Waals surface area contributed by atoms with Gasteiger partial charge in [-0.05, 0) is 24.3 Å². The summed E-state index contributed by atoms with van der Waals surface area (Å²) in [5, 5.41) is 10.8. The molecule has 0 unspecified atom stereocenters. The number of carbonyl (C=O) groups excluding carboxylic acids is 1. The predicted molar refractivity (Wildman–Crippen MR) is 100 cm³/mol. The van der Waals surface area contributed by atoms with Crippen molar-refractivity contribution in [3.63, 3.8) is 0 Å². The number of rotatable bonds is 7. The fourth-order valence-electron chi connectivity index (χ4n) is 3.64. The lowest BCUT2D eigenvalue weighted by Crippen LogP contribution is -2.34. The molecule has 1 aliphatic rings. The van der Waals surface area contributed by atoms with E-state index in [1.165, 1.54) is 18.4 Å². The number of nitrogens with zero attached hydrogens (tertiary/aromatic N) is 2. The van der Waals surface area contributed by atoms with Crippen LogP contribution < -0.4 is 10.6 Å². The van der Waals surface area contributed by atoms with Gasteiger partial charge in [0, 0.05) is 12.1 Å². The monoisotopic (exact) mass is 340 g/mol. The summed E-state index contributed by atoms with van der Waals surface area (Å²) in [6, 6.07) is 12.7. The molecule has 1 amide bonds. The van der Waals surface area contributed by atoms with Crippen molar-refractivity contribution in [3.05, 3.63) is 48.2 Å². The Morgan fingerprint density at radius 1 is 1.20 bits per heavy atom. The van der Waals surface area contributed by atoms with Crippen LogP contribution in [0.25, 0.3) is 0 Å². The smallest absolute Gasteiger partial charge is 0.239 e. The Kier molecular flexibility index (Phi) is 5.87. The van der Waals surface area contributed by atoms with Crippen LogP contribution in [0.1, 0.15) is 57.2 Å². The van der Waals surface area contributed by atoms with Gasteiger partial charge in [-0.25, -0.2) is 4.68 Å². The fourth-order valence-corrected chi connectivity index (χ4v) is 3.64. The lowest BCUT2D eigenvalue weighted by Gasteiger charge is -2.23. The highest BCUT2D eigenvalue weighted by atomic mass is 16.2. The molecule has 3 rings (SSSR count). The van der Waals surface area contributed by atoms with Crippen molar-refractivity contribution in [1.29, 1.82) is 0 Å². The molecule has 2 aromatic rings. The third kappa shape index (κ3) is 4.48. The molecule has 0 aliphatic heterocycles. The molecule has 1 fully saturated rings. The maximum atomic E-state index is 12.4.